The molecule has 0 aromatic rings. The summed E-state index contributed by atoms with van der Waals surface area (Å²) >= 11 is 0. The molecule has 0 saturated carbocycles. The summed E-state index contributed by atoms with van der Waals surface area (Å²) in [4.78, 5) is 29.5. The van der Waals surface area contributed by atoms with E-state index in [2.05, 4.69) is 24.2 Å². The smallest absolute Gasteiger partial charge is 0.223 e. The van der Waals surface area contributed by atoms with Crippen LogP contribution in [0.3, 0.4) is 0 Å². The molecule has 0 bridgehead atoms. The van der Waals surface area contributed by atoms with Crippen LogP contribution >= 0.6 is 0 Å². The second-order valence-electron chi connectivity index (χ2n) is 11.6. The molecule has 1 atom stereocenters. The van der Waals surface area contributed by atoms with Crippen LogP contribution in [-0.4, -0.2) is 30.7 Å². The average Bonchev–Trinajstić information content (AvgIpc) is 2.91. The molecule has 5 N–H and O–H groups in total. The number of rotatable bonds is 30. The molecule has 0 saturated heterocycles. The van der Waals surface area contributed by atoms with E-state index in [0.29, 0.717) is 38.8 Å². The number of carbonyl (C=O) groups is 2. The van der Waals surface area contributed by atoms with Crippen molar-refractivity contribution in [1.29, 1.82) is 0 Å². The van der Waals surface area contributed by atoms with Crippen LogP contribution in [0.15, 0.2) is 4.99 Å². The fourth-order valence-corrected chi connectivity index (χ4v) is 5.20. The van der Waals surface area contributed by atoms with Crippen LogP contribution in [-0.2, 0) is 9.59 Å². The Morgan fingerprint density at radius 3 is 1.51 bits per heavy atom. The third-order valence-electron chi connectivity index (χ3n) is 7.74. The van der Waals surface area contributed by atoms with Gasteiger partial charge >= 0.3 is 0 Å². The first-order chi connectivity index (χ1) is 19.0. The Morgan fingerprint density at radius 2 is 1.05 bits per heavy atom. The van der Waals surface area contributed by atoms with Crippen molar-refractivity contribution in [1.82, 2.24) is 5.32 Å². The lowest BCUT2D eigenvalue weighted by Crippen LogP contribution is -2.33. The van der Waals surface area contributed by atoms with Gasteiger partial charge in [0.05, 0.1) is 0 Å². The first-order valence-corrected chi connectivity index (χ1v) is 16.9. The molecular formula is C33H66N4O2. The number of amides is 1. The van der Waals surface area contributed by atoms with E-state index >= 15 is 0 Å². The van der Waals surface area contributed by atoms with Gasteiger partial charge in [-0.25, -0.2) is 0 Å². The molecule has 0 aliphatic heterocycles. The maximum absolute atomic E-state index is 12.8. The summed E-state index contributed by atoms with van der Waals surface area (Å²) < 4.78 is 0. The van der Waals surface area contributed by atoms with Crippen LogP contribution in [0.25, 0.3) is 0 Å². The summed E-state index contributed by atoms with van der Waals surface area (Å²) in [5.74, 6) is 0.0239. The lowest BCUT2D eigenvalue weighted by atomic mass is 9.93. The van der Waals surface area contributed by atoms with Crippen molar-refractivity contribution in [2.24, 2.45) is 22.4 Å². The number of nitrogens with two attached hydrogens (primary N) is 2. The average molecular weight is 551 g/mol. The summed E-state index contributed by atoms with van der Waals surface area (Å²) in [5, 5.41) is 3.07. The van der Waals surface area contributed by atoms with Gasteiger partial charge in [0.15, 0.2) is 5.96 Å². The molecule has 0 fully saturated rings. The zero-order valence-electron chi connectivity index (χ0n) is 26.1. The van der Waals surface area contributed by atoms with Crippen molar-refractivity contribution in [3.63, 3.8) is 0 Å². The number of unbranched alkanes of at least 4 members (excludes halogenated alkanes) is 19. The number of ketones is 1. The SMILES string of the molecule is CCCCCCCCCCCCCCCCCC(=O)C[C@@H](CCCN=C(N)N)C(=O)NCCCCCCCC. The summed E-state index contributed by atoms with van der Waals surface area (Å²) in [5.41, 5.74) is 10.8. The summed E-state index contributed by atoms with van der Waals surface area (Å²) in [6.07, 6.45) is 29.2. The topological polar surface area (TPSA) is 111 Å². The van der Waals surface area contributed by atoms with E-state index in [-0.39, 0.29) is 23.6 Å². The summed E-state index contributed by atoms with van der Waals surface area (Å²) in [6, 6.07) is 0. The third kappa shape index (κ3) is 27.8. The minimum absolute atomic E-state index is 0.0121. The van der Waals surface area contributed by atoms with Gasteiger partial charge < -0.3 is 16.8 Å². The highest BCUT2D eigenvalue weighted by molar-refractivity contribution is 5.86. The fraction of sp³-hybridized carbons (Fsp3) is 0.909. The minimum atomic E-state index is -0.275. The van der Waals surface area contributed by atoms with Gasteiger partial charge in [0.25, 0.3) is 0 Å². The predicted octanol–water partition coefficient (Wildman–Crippen LogP) is 8.35. The zero-order chi connectivity index (χ0) is 28.8. The Kier molecular flexibility index (Phi) is 28.2. The Balaban J connectivity index is 3.98. The van der Waals surface area contributed by atoms with Crippen LogP contribution in [0.4, 0.5) is 0 Å². The standard InChI is InChI=1S/C33H66N4O2/c1-3-5-7-9-11-12-13-14-15-16-17-18-19-20-22-26-31(38)29-30(25-24-28-37-33(34)35)32(39)36-27-23-21-10-8-6-4-2/h30H,3-29H2,1-2H3,(H,36,39)(H4,34,35,37)/t30-/m1/s1. The quantitative estimate of drug-likeness (QED) is 0.0474. The molecule has 230 valence electrons. The number of aliphatic imine (C=N–C) groups is 1. The zero-order valence-corrected chi connectivity index (χ0v) is 26.1. The Labute approximate surface area is 242 Å². The second kappa shape index (κ2) is 29.4. The predicted molar refractivity (Wildman–Crippen MR) is 169 cm³/mol. The van der Waals surface area contributed by atoms with Gasteiger partial charge in [0, 0.05) is 31.8 Å². The first kappa shape index (κ1) is 37.4. The molecule has 1 amide bonds. The summed E-state index contributed by atoms with van der Waals surface area (Å²) in [6.45, 7) is 5.69. The molecule has 0 aliphatic carbocycles. The van der Waals surface area contributed by atoms with Crippen molar-refractivity contribution in [3.05, 3.63) is 0 Å². The van der Waals surface area contributed by atoms with E-state index < -0.39 is 0 Å². The molecule has 0 radical (unpaired) electrons. The number of nitrogens with one attached hydrogen (secondary N) is 1. The highest BCUT2D eigenvalue weighted by Crippen LogP contribution is 2.17. The Morgan fingerprint density at radius 1 is 0.615 bits per heavy atom. The highest BCUT2D eigenvalue weighted by atomic mass is 16.2. The molecule has 0 aliphatic rings. The largest absolute Gasteiger partial charge is 0.370 e. The molecule has 0 rings (SSSR count). The van der Waals surface area contributed by atoms with Crippen molar-refractivity contribution in [3.8, 4) is 0 Å². The lowest BCUT2D eigenvalue weighted by Gasteiger charge is -2.16. The Bertz CT molecular complexity index is 590. The van der Waals surface area contributed by atoms with Gasteiger partial charge in [-0.2, -0.15) is 0 Å². The van der Waals surface area contributed by atoms with Crippen LogP contribution in [0.2, 0.25) is 0 Å². The number of carbonyl (C=O) groups excluding carboxylic acids is 2. The minimum Gasteiger partial charge on any atom is -0.370 e. The van der Waals surface area contributed by atoms with Gasteiger partial charge in [0.1, 0.15) is 5.78 Å². The lowest BCUT2D eigenvalue weighted by molar-refractivity contribution is -0.129. The van der Waals surface area contributed by atoms with Crippen LogP contribution in [0, 0.1) is 5.92 Å². The number of nitrogens with zero attached hydrogens (tertiary/aromatic N) is 1. The van der Waals surface area contributed by atoms with E-state index in [1.807, 2.05) is 0 Å². The summed E-state index contributed by atoms with van der Waals surface area (Å²) in [7, 11) is 0. The monoisotopic (exact) mass is 551 g/mol. The number of guanidine groups is 1. The van der Waals surface area contributed by atoms with Gasteiger partial charge in [-0.05, 0) is 25.7 Å². The van der Waals surface area contributed by atoms with E-state index in [1.54, 1.807) is 0 Å². The normalized spacial score (nSPS) is 11.8. The van der Waals surface area contributed by atoms with Crippen molar-refractivity contribution in [2.45, 2.75) is 174 Å². The third-order valence-corrected chi connectivity index (χ3v) is 7.74. The molecule has 0 spiro atoms. The van der Waals surface area contributed by atoms with Gasteiger partial charge in [-0.15, -0.1) is 0 Å². The second-order valence-corrected chi connectivity index (χ2v) is 11.6. The maximum Gasteiger partial charge on any atom is 0.223 e. The molecule has 39 heavy (non-hydrogen) atoms. The number of hydrogen-bond donors (Lipinski definition) is 3. The number of Topliss-reactive ketones (excluding diaryl/α,β-unsaturated/α-hetero) is 1. The molecule has 0 unspecified atom stereocenters. The van der Waals surface area contributed by atoms with E-state index in [1.165, 1.54) is 109 Å². The van der Waals surface area contributed by atoms with E-state index in [0.717, 1.165) is 25.7 Å². The van der Waals surface area contributed by atoms with Gasteiger partial charge in [0.2, 0.25) is 5.91 Å². The van der Waals surface area contributed by atoms with Crippen LogP contribution < -0.4 is 16.8 Å². The molecule has 0 aromatic carbocycles. The molecular weight excluding hydrogens is 484 g/mol. The van der Waals surface area contributed by atoms with Gasteiger partial charge in [-0.3, -0.25) is 14.6 Å². The number of hydrogen-bond acceptors (Lipinski definition) is 3. The molecule has 6 nitrogen and oxygen atoms in total. The van der Waals surface area contributed by atoms with E-state index in [9.17, 15) is 9.59 Å². The first-order valence-electron chi connectivity index (χ1n) is 16.9. The molecule has 0 aromatic heterocycles. The maximum atomic E-state index is 12.8. The fourth-order valence-electron chi connectivity index (χ4n) is 5.20. The highest BCUT2D eigenvalue weighted by Gasteiger charge is 2.21. The van der Waals surface area contributed by atoms with E-state index in [4.69, 9.17) is 11.5 Å². The van der Waals surface area contributed by atoms with Crippen molar-refractivity contribution in [2.75, 3.05) is 13.1 Å². The Hall–Kier alpha value is -1.59. The van der Waals surface area contributed by atoms with Crippen LogP contribution in [0.5, 0.6) is 0 Å². The molecule has 6 heteroatoms. The van der Waals surface area contributed by atoms with Crippen molar-refractivity contribution >= 4 is 17.6 Å². The van der Waals surface area contributed by atoms with Gasteiger partial charge in [-0.1, -0.05) is 136 Å². The van der Waals surface area contributed by atoms with Crippen molar-refractivity contribution < 1.29 is 9.59 Å². The van der Waals surface area contributed by atoms with Crippen LogP contribution in [0.1, 0.15) is 174 Å². The molecule has 0 heterocycles.